The fraction of sp³-hybridized carbons (Fsp3) is 0.182. The van der Waals surface area contributed by atoms with Gasteiger partial charge in [-0.3, -0.25) is 4.79 Å². The van der Waals surface area contributed by atoms with Crippen LogP contribution in [-0.4, -0.2) is 12.6 Å². The number of hydrogen-bond acceptors (Lipinski definition) is 3. The summed E-state index contributed by atoms with van der Waals surface area (Å²) in [7, 11) is 0. The van der Waals surface area contributed by atoms with Crippen LogP contribution in [-0.2, 0) is 4.79 Å². The van der Waals surface area contributed by atoms with Crippen molar-refractivity contribution in [3.63, 3.8) is 0 Å². The van der Waals surface area contributed by atoms with Crippen LogP contribution in [0.15, 0.2) is 36.9 Å². The summed E-state index contributed by atoms with van der Waals surface area (Å²) in [4.78, 5) is 10.7. The molecule has 0 saturated heterocycles. The van der Waals surface area contributed by atoms with E-state index in [0.29, 0.717) is 18.1 Å². The molecule has 0 spiro atoms. The van der Waals surface area contributed by atoms with E-state index in [1.807, 2.05) is 0 Å². The lowest BCUT2D eigenvalue weighted by molar-refractivity contribution is -0.131. The van der Waals surface area contributed by atoms with E-state index in [-0.39, 0.29) is 5.97 Å². The number of hydrogen-bond donors (Lipinski definition) is 0. The van der Waals surface area contributed by atoms with Crippen LogP contribution >= 0.6 is 0 Å². The summed E-state index contributed by atoms with van der Waals surface area (Å²) in [5.74, 6) is 0.800. The molecule has 0 aliphatic carbocycles. The van der Waals surface area contributed by atoms with Crippen molar-refractivity contribution in [1.29, 1.82) is 0 Å². The first kappa shape index (κ1) is 10.3. The van der Waals surface area contributed by atoms with Crippen LogP contribution in [0.5, 0.6) is 11.5 Å². The van der Waals surface area contributed by atoms with E-state index in [4.69, 9.17) is 9.47 Å². The monoisotopic (exact) mass is 192 g/mol. The van der Waals surface area contributed by atoms with E-state index in [1.54, 1.807) is 30.3 Å². The first-order chi connectivity index (χ1) is 6.72. The number of benzene rings is 1. The predicted molar refractivity (Wildman–Crippen MR) is 53.4 cm³/mol. The molecule has 3 heteroatoms. The molecule has 0 amide bonds. The zero-order valence-electron chi connectivity index (χ0n) is 8.03. The topological polar surface area (TPSA) is 35.5 Å². The van der Waals surface area contributed by atoms with Gasteiger partial charge in [-0.15, -0.1) is 0 Å². The van der Waals surface area contributed by atoms with Gasteiger partial charge in [-0.05, 0) is 12.1 Å². The molecule has 14 heavy (non-hydrogen) atoms. The molecule has 1 aromatic rings. The number of ether oxygens (including phenoxy) is 2. The zero-order chi connectivity index (χ0) is 10.4. The second kappa shape index (κ2) is 5.07. The number of rotatable bonds is 4. The highest BCUT2D eigenvalue weighted by molar-refractivity contribution is 5.69. The molecule has 0 fully saturated rings. The van der Waals surface area contributed by atoms with Crippen LogP contribution in [0.1, 0.15) is 6.92 Å². The first-order valence-electron chi connectivity index (χ1n) is 4.24. The maximum atomic E-state index is 10.7. The molecule has 0 N–H and O–H groups in total. The van der Waals surface area contributed by atoms with Gasteiger partial charge >= 0.3 is 5.97 Å². The lowest BCUT2D eigenvalue weighted by atomic mass is 10.3. The zero-order valence-corrected chi connectivity index (χ0v) is 8.03. The fourth-order valence-corrected chi connectivity index (χ4v) is 0.949. The Balaban J connectivity index is 2.68. The van der Waals surface area contributed by atoms with Crippen molar-refractivity contribution < 1.29 is 14.3 Å². The Morgan fingerprint density at radius 1 is 1.50 bits per heavy atom. The van der Waals surface area contributed by atoms with Crippen molar-refractivity contribution in [2.75, 3.05) is 6.61 Å². The summed E-state index contributed by atoms with van der Waals surface area (Å²) >= 11 is 0. The van der Waals surface area contributed by atoms with Crippen molar-refractivity contribution in [2.24, 2.45) is 0 Å². The average molecular weight is 192 g/mol. The molecule has 1 rings (SSSR count). The molecule has 0 saturated carbocycles. The van der Waals surface area contributed by atoms with Crippen LogP contribution in [0.3, 0.4) is 0 Å². The third-order valence-corrected chi connectivity index (χ3v) is 1.43. The second-order valence-corrected chi connectivity index (χ2v) is 2.67. The highest BCUT2D eigenvalue weighted by Crippen LogP contribution is 2.19. The van der Waals surface area contributed by atoms with Crippen molar-refractivity contribution in [3.05, 3.63) is 36.9 Å². The first-order valence-corrected chi connectivity index (χ1v) is 4.24. The SMILES string of the molecule is C=CCOc1cccc(OC(C)=O)c1. The smallest absolute Gasteiger partial charge is 0.308 e. The number of carbonyl (C=O) groups excluding carboxylic acids is 1. The van der Waals surface area contributed by atoms with Gasteiger partial charge < -0.3 is 9.47 Å². The van der Waals surface area contributed by atoms with Gasteiger partial charge in [0.2, 0.25) is 0 Å². The quantitative estimate of drug-likeness (QED) is 0.416. The van der Waals surface area contributed by atoms with Crippen LogP contribution in [0.4, 0.5) is 0 Å². The molecule has 1 aromatic carbocycles. The van der Waals surface area contributed by atoms with E-state index in [0.717, 1.165) is 0 Å². The minimum Gasteiger partial charge on any atom is -0.489 e. The summed E-state index contributed by atoms with van der Waals surface area (Å²) in [6.45, 7) is 5.33. The van der Waals surface area contributed by atoms with Gasteiger partial charge in [-0.2, -0.15) is 0 Å². The van der Waals surface area contributed by atoms with E-state index in [1.165, 1.54) is 6.92 Å². The highest BCUT2D eigenvalue weighted by atomic mass is 16.5. The summed E-state index contributed by atoms with van der Waals surface area (Å²) in [6, 6.07) is 6.90. The fourth-order valence-electron chi connectivity index (χ4n) is 0.949. The molecule has 0 aliphatic rings. The Bertz CT molecular complexity index is 331. The molecule has 0 atom stereocenters. The van der Waals surface area contributed by atoms with Crippen LogP contribution < -0.4 is 9.47 Å². The van der Waals surface area contributed by atoms with E-state index >= 15 is 0 Å². The molecule has 74 valence electrons. The Labute approximate surface area is 83.0 Å². The predicted octanol–water partition coefficient (Wildman–Crippen LogP) is 2.18. The van der Waals surface area contributed by atoms with E-state index in [9.17, 15) is 4.79 Å². The Morgan fingerprint density at radius 3 is 2.86 bits per heavy atom. The molecular weight excluding hydrogens is 180 g/mol. The summed E-state index contributed by atoms with van der Waals surface area (Å²) in [6.07, 6.45) is 1.65. The third kappa shape index (κ3) is 3.31. The van der Waals surface area contributed by atoms with Crippen molar-refractivity contribution in [3.8, 4) is 11.5 Å². The van der Waals surface area contributed by atoms with Crippen molar-refractivity contribution in [1.82, 2.24) is 0 Å². The minimum atomic E-state index is -0.342. The second-order valence-electron chi connectivity index (χ2n) is 2.67. The van der Waals surface area contributed by atoms with Gasteiger partial charge in [0.1, 0.15) is 18.1 Å². The highest BCUT2D eigenvalue weighted by Gasteiger charge is 1.99. The van der Waals surface area contributed by atoms with Gasteiger partial charge in [0, 0.05) is 13.0 Å². The molecule has 0 unspecified atom stereocenters. The molecule has 0 aliphatic heterocycles. The van der Waals surface area contributed by atoms with Crippen molar-refractivity contribution in [2.45, 2.75) is 6.92 Å². The molecule has 0 bridgehead atoms. The molecule has 0 radical (unpaired) electrons. The normalized spacial score (nSPS) is 9.21. The van der Waals surface area contributed by atoms with Gasteiger partial charge in [0.15, 0.2) is 0 Å². The summed E-state index contributed by atoms with van der Waals surface area (Å²) < 4.78 is 10.2. The number of esters is 1. The molecule has 3 nitrogen and oxygen atoms in total. The van der Waals surface area contributed by atoms with Gasteiger partial charge in [-0.1, -0.05) is 18.7 Å². The van der Waals surface area contributed by atoms with Gasteiger partial charge in [0.05, 0.1) is 0 Å². The lowest BCUT2D eigenvalue weighted by Gasteiger charge is -2.05. The van der Waals surface area contributed by atoms with Crippen LogP contribution in [0.25, 0.3) is 0 Å². The molecule has 0 aromatic heterocycles. The standard InChI is InChI=1S/C11H12O3/c1-3-7-13-10-5-4-6-11(8-10)14-9(2)12/h3-6,8H,1,7H2,2H3. The largest absolute Gasteiger partial charge is 0.489 e. The van der Waals surface area contributed by atoms with Gasteiger partial charge in [0.25, 0.3) is 0 Å². The Hall–Kier alpha value is -1.77. The minimum absolute atomic E-state index is 0.342. The lowest BCUT2D eigenvalue weighted by Crippen LogP contribution is -2.01. The summed E-state index contributed by atoms with van der Waals surface area (Å²) in [5.41, 5.74) is 0. The van der Waals surface area contributed by atoms with E-state index < -0.39 is 0 Å². The summed E-state index contributed by atoms with van der Waals surface area (Å²) in [5, 5.41) is 0. The molecule has 0 heterocycles. The average Bonchev–Trinajstić information content (AvgIpc) is 2.14. The van der Waals surface area contributed by atoms with Crippen LogP contribution in [0.2, 0.25) is 0 Å². The molecular formula is C11H12O3. The number of carbonyl (C=O) groups is 1. The van der Waals surface area contributed by atoms with Gasteiger partial charge in [-0.25, -0.2) is 0 Å². The van der Waals surface area contributed by atoms with Crippen molar-refractivity contribution >= 4 is 5.97 Å². The Kier molecular flexibility index (Phi) is 3.73. The van der Waals surface area contributed by atoms with Crippen LogP contribution in [0, 0.1) is 0 Å². The van der Waals surface area contributed by atoms with E-state index in [2.05, 4.69) is 6.58 Å². The Morgan fingerprint density at radius 2 is 2.21 bits per heavy atom. The maximum Gasteiger partial charge on any atom is 0.308 e. The third-order valence-electron chi connectivity index (χ3n) is 1.43. The maximum absolute atomic E-state index is 10.7.